The first-order valence-corrected chi connectivity index (χ1v) is 9.26. The van der Waals surface area contributed by atoms with Gasteiger partial charge in [0.05, 0.1) is 17.4 Å². The van der Waals surface area contributed by atoms with Crippen LogP contribution in [0.2, 0.25) is 0 Å². The molecule has 0 aromatic heterocycles. The summed E-state index contributed by atoms with van der Waals surface area (Å²) in [7, 11) is 0. The van der Waals surface area contributed by atoms with Gasteiger partial charge in [-0.2, -0.15) is 0 Å². The Bertz CT molecular complexity index is 981. The van der Waals surface area contributed by atoms with Gasteiger partial charge in [-0.25, -0.2) is 4.79 Å². The number of amides is 3. The fraction of sp³-hybridized carbons (Fsp3) is 0.182. The van der Waals surface area contributed by atoms with Gasteiger partial charge in [0.25, 0.3) is 5.91 Å². The summed E-state index contributed by atoms with van der Waals surface area (Å²) in [5.74, 6) is -0.111. The Morgan fingerprint density at radius 2 is 1.68 bits per heavy atom. The molecular weight excluding hydrogens is 352 g/mol. The van der Waals surface area contributed by atoms with Gasteiger partial charge in [-0.1, -0.05) is 61.2 Å². The molecule has 0 unspecified atom stereocenters. The van der Waals surface area contributed by atoms with Crippen molar-refractivity contribution in [3.05, 3.63) is 95.0 Å². The van der Waals surface area contributed by atoms with Gasteiger partial charge < -0.3 is 21.7 Å². The molecule has 0 saturated carbocycles. The Labute approximate surface area is 163 Å². The number of carbonyl (C=O) groups excluding carboxylic acids is 2. The Hall–Kier alpha value is -3.54. The van der Waals surface area contributed by atoms with E-state index in [-0.39, 0.29) is 23.1 Å². The summed E-state index contributed by atoms with van der Waals surface area (Å²) in [4.78, 5) is 24.5. The molecule has 4 rings (SSSR count). The van der Waals surface area contributed by atoms with Crippen LogP contribution >= 0.6 is 0 Å². The minimum Gasteiger partial charge on any atom is -0.395 e. The fourth-order valence-electron chi connectivity index (χ4n) is 3.95. The highest BCUT2D eigenvalue weighted by Gasteiger charge is 2.31. The number of hydrogen-bond donors (Lipinski definition) is 4. The summed E-state index contributed by atoms with van der Waals surface area (Å²) in [5, 5.41) is 7.95. The number of urea groups is 1. The average Bonchev–Trinajstić information content (AvgIpc) is 2.71. The molecule has 5 N–H and O–H groups in total. The molecule has 2 atom stereocenters. The summed E-state index contributed by atoms with van der Waals surface area (Å²) in [6.45, 7) is 3.67. The third-order valence-electron chi connectivity index (χ3n) is 5.32. The third kappa shape index (κ3) is 3.24. The van der Waals surface area contributed by atoms with Crippen molar-refractivity contribution in [2.45, 2.75) is 24.8 Å². The van der Waals surface area contributed by atoms with Gasteiger partial charge in [-0.3, -0.25) is 4.79 Å². The van der Waals surface area contributed by atoms with Gasteiger partial charge in [0, 0.05) is 5.92 Å². The second-order valence-corrected chi connectivity index (χ2v) is 7.04. The number of carbonyl (C=O) groups is 2. The Morgan fingerprint density at radius 1 is 1.00 bits per heavy atom. The van der Waals surface area contributed by atoms with E-state index in [9.17, 15) is 9.59 Å². The predicted octanol–water partition coefficient (Wildman–Crippen LogP) is 2.77. The molecular formula is C22H22N4O2. The summed E-state index contributed by atoms with van der Waals surface area (Å²) >= 11 is 0. The van der Waals surface area contributed by atoms with Crippen LogP contribution in [0.25, 0.3) is 0 Å². The highest BCUT2D eigenvalue weighted by molar-refractivity contribution is 6.00. The summed E-state index contributed by atoms with van der Waals surface area (Å²) in [6.07, 6.45) is 1.71. The molecule has 3 amide bonds. The minimum atomic E-state index is -0.516. The maximum atomic E-state index is 12.8. The lowest BCUT2D eigenvalue weighted by molar-refractivity contribution is -0.118. The van der Waals surface area contributed by atoms with E-state index in [1.807, 2.05) is 36.4 Å². The van der Waals surface area contributed by atoms with Crippen molar-refractivity contribution in [3.8, 4) is 0 Å². The quantitative estimate of drug-likeness (QED) is 0.665. The predicted molar refractivity (Wildman–Crippen MR) is 107 cm³/mol. The fourth-order valence-corrected chi connectivity index (χ4v) is 3.95. The Kier molecular flexibility index (Phi) is 4.61. The molecule has 142 valence electrons. The molecule has 0 radical (unpaired) electrons. The minimum absolute atomic E-state index is 0.0383. The van der Waals surface area contributed by atoms with Crippen LogP contribution in [-0.2, 0) is 4.79 Å². The molecule has 6 heteroatoms. The van der Waals surface area contributed by atoms with Gasteiger partial charge >= 0.3 is 6.03 Å². The topological polar surface area (TPSA) is 96.2 Å². The van der Waals surface area contributed by atoms with Crippen molar-refractivity contribution < 1.29 is 9.59 Å². The van der Waals surface area contributed by atoms with Crippen molar-refractivity contribution in [3.63, 3.8) is 0 Å². The molecule has 1 heterocycles. The smallest absolute Gasteiger partial charge is 0.323 e. The van der Waals surface area contributed by atoms with E-state index in [1.54, 1.807) is 0 Å². The molecule has 2 aliphatic rings. The number of fused-ring (bicyclic) bond motifs is 1. The van der Waals surface area contributed by atoms with E-state index in [1.165, 1.54) is 11.1 Å². The van der Waals surface area contributed by atoms with E-state index in [2.05, 4.69) is 40.7 Å². The number of hydrogen-bond acceptors (Lipinski definition) is 3. The van der Waals surface area contributed by atoms with Gasteiger partial charge in [-0.05, 0) is 29.5 Å². The Balaban J connectivity index is 1.61. The monoisotopic (exact) mass is 374 g/mol. The van der Waals surface area contributed by atoms with Crippen LogP contribution in [0.1, 0.15) is 41.5 Å². The maximum absolute atomic E-state index is 12.8. The van der Waals surface area contributed by atoms with Crippen molar-refractivity contribution in [2.24, 2.45) is 5.73 Å². The summed E-state index contributed by atoms with van der Waals surface area (Å²) < 4.78 is 0. The summed E-state index contributed by atoms with van der Waals surface area (Å²) in [6, 6.07) is 17.9. The zero-order chi connectivity index (χ0) is 19.7. The lowest BCUT2D eigenvalue weighted by Gasteiger charge is -2.33. The SMILES string of the molecule is C=C1NC(=O)NC(C(=O)N[C@@H]2CC[C@H](c3ccccc3)c3ccccc32)=C1N. The molecule has 1 aliphatic carbocycles. The van der Waals surface area contributed by atoms with Crippen LogP contribution in [-0.4, -0.2) is 11.9 Å². The lowest BCUT2D eigenvalue weighted by Crippen LogP contribution is -2.47. The van der Waals surface area contributed by atoms with Crippen LogP contribution < -0.4 is 21.7 Å². The van der Waals surface area contributed by atoms with Gasteiger partial charge in [0.15, 0.2) is 0 Å². The molecule has 0 fully saturated rings. The maximum Gasteiger partial charge on any atom is 0.323 e. The highest BCUT2D eigenvalue weighted by atomic mass is 16.2. The van der Waals surface area contributed by atoms with Crippen molar-refractivity contribution in [2.75, 3.05) is 0 Å². The van der Waals surface area contributed by atoms with Crippen LogP contribution in [0.5, 0.6) is 0 Å². The van der Waals surface area contributed by atoms with Crippen molar-refractivity contribution in [1.29, 1.82) is 0 Å². The van der Waals surface area contributed by atoms with Gasteiger partial charge in [0.1, 0.15) is 5.70 Å². The van der Waals surface area contributed by atoms with Crippen molar-refractivity contribution >= 4 is 11.9 Å². The average molecular weight is 374 g/mol. The molecule has 6 nitrogen and oxygen atoms in total. The second kappa shape index (κ2) is 7.23. The van der Waals surface area contributed by atoms with Crippen LogP contribution in [0.3, 0.4) is 0 Å². The lowest BCUT2D eigenvalue weighted by atomic mass is 9.77. The first-order chi connectivity index (χ1) is 13.5. The number of nitrogens with one attached hydrogen (secondary N) is 3. The van der Waals surface area contributed by atoms with Gasteiger partial charge in [-0.15, -0.1) is 0 Å². The number of rotatable bonds is 3. The largest absolute Gasteiger partial charge is 0.395 e. The Morgan fingerprint density at radius 3 is 2.43 bits per heavy atom. The molecule has 2 aromatic carbocycles. The van der Waals surface area contributed by atoms with E-state index in [0.717, 1.165) is 18.4 Å². The van der Waals surface area contributed by atoms with Crippen LogP contribution in [0, 0.1) is 0 Å². The zero-order valence-electron chi connectivity index (χ0n) is 15.4. The van der Waals surface area contributed by atoms with Crippen LogP contribution in [0.15, 0.2) is 78.3 Å². The third-order valence-corrected chi connectivity index (χ3v) is 5.32. The first-order valence-electron chi connectivity index (χ1n) is 9.26. The van der Waals surface area contributed by atoms with Crippen molar-refractivity contribution in [1.82, 2.24) is 16.0 Å². The number of benzene rings is 2. The van der Waals surface area contributed by atoms with Crippen LogP contribution in [0.4, 0.5) is 4.79 Å². The number of nitrogens with two attached hydrogens (primary N) is 1. The van der Waals surface area contributed by atoms with E-state index >= 15 is 0 Å². The first kappa shape index (κ1) is 17.9. The highest BCUT2D eigenvalue weighted by Crippen LogP contribution is 2.41. The standard InChI is InChI=1S/C22H22N4O2/c1-13-19(23)20(26-22(28)24-13)21(27)25-18-12-11-15(14-7-3-2-4-8-14)16-9-5-6-10-17(16)18/h2-10,15,18H,1,11-12,23H2,(H,25,27)(H2,24,26,28)/t15-,18-/m1/s1. The molecule has 28 heavy (non-hydrogen) atoms. The summed E-state index contributed by atoms with van der Waals surface area (Å²) in [5.41, 5.74) is 9.91. The molecule has 2 aromatic rings. The zero-order valence-corrected chi connectivity index (χ0v) is 15.4. The molecule has 0 saturated heterocycles. The molecule has 0 bridgehead atoms. The molecule has 1 aliphatic heterocycles. The van der Waals surface area contributed by atoms with E-state index in [4.69, 9.17) is 5.73 Å². The van der Waals surface area contributed by atoms with E-state index in [0.29, 0.717) is 5.92 Å². The second-order valence-electron chi connectivity index (χ2n) is 7.04. The van der Waals surface area contributed by atoms with E-state index < -0.39 is 11.9 Å². The molecule has 0 spiro atoms. The van der Waals surface area contributed by atoms with Gasteiger partial charge in [0.2, 0.25) is 0 Å². The normalized spacial score (nSPS) is 21.4.